The predicted molar refractivity (Wildman–Crippen MR) is 298 cm³/mol. The van der Waals surface area contributed by atoms with Gasteiger partial charge in [0.2, 0.25) is 0 Å². The normalized spacial score (nSPS) is 12.6. The van der Waals surface area contributed by atoms with Crippen LogP contribution in [0.3, 0.4) is 0 Å². The van der Waals surface area contributed by atoms with E-state index in [2.05, 4.69) is 93.7 Å². The quantitative estimate of drug-likeness (QED) is 0.0262. The number of ether oxygens (including phenoxy) is 3. The lowest BCUT2D eigenvalue weighted by atomic mass is 10.0. The van der Waals surface area contributed by atoms with Gasteiger partial charge in [0.15, 0.2) is 6.10 Å². The van der Waals surface area contributed by atoms with Gasteiger partial charge in [-0.3, -0.25) is 14.4 Å². The second-order valence-electron chi connectivity index (χ2n) is 19.5. The first-order valence-corrected chi connectivity index (χ1v) is 29.4. The molecule has 69 heavy (non-hydrogen) atoms. The van der Waals surface area contributed by atoms with Crippen molar-refractivity contribution in [3.63, 3.8) is 0 Å². The lowest BCUT2D eigenvalue weighted by Crippen LogP contribution is -2.30. The molecule has 0 spiro atoms. The summed E-state index contributed by atoms with van der Waals surface area (Å²) < 4.78 is 16.9. The molecule has 0 heterocycles. The molecule has 0 bridgehead atoms. The van der Waals surface area contributed by atoms with Gasteiger partial charge in [-0.05, 0) is 83.5 Å². The zero-order chi connectivity index (χ0) is 50.0. The SMILES string of the molecule is CC/C=C\C/C=C\C/C=C\CCCCCCCCCC(=O)OCC(COC(=O)CCCCCCCCCCCCCCCCCCC)OC(=O)CCCCCCCCC/C=C\C/C=C\C/C=C\CC. The Hall–Kier alpha value is -3.15. The van der Waals surface area contributed by atoms with Gasteiger partial charge in [-0.1, -0.05) is 261 Å². The van der Waals surface area contributed by atoms with Gasteiger partial charge in [-0.15, -0.1) is 0 Å². The molecule has 0 aliphatic heterocycles. The Morgan fingerprint density at radius 3 is 0.884 bits per heavy atom. The zero-order valence-corrected chi connectivity index (χ0v) is 45.6. The van der Waals surface area contributed by atoms with Crippen LogP contribution in [0.5, 0.6) is 0 Å². The number of unbranched alkanes of at least 4 members (excludes halogenated alkanes) is 30. The van der Waals surface area contributed by atoms with Crippen molar-refractivity contribution in [1.29, 1.82) is 0 Å². The first kappa shape index (κ1) is 65.8. The first-order chi connectivity index (χ1) is 34.0. The third kappa shape index (κ3) is 55.6. The van der Waals surface area contributed by atoms with Crippen molar-refractivity contribution in [2.24, 2.45) is 0 Å². The number of carbonyl (C=O) groups excluding carboxylic acids is 3. The molecule has 0 aliphatic carbocycles. The molecule has 0 saturated heterocycles. The number of carbonyl (C=O) groups is 3. The van der Waals surface area contributed by atoms with Crippen LogP contribution in [0.25, 0.3) is 0 Å². The van der Waals surface area contributed by atoms with E-state index in [9.17, 15) is 14.4 Å². The lowest BCUT2D eigenvalue weighted by Gasteiger charge is -2.18. The molecular formula is C63H110O6. The summed E-state index contributed by atoms with van der Waals surface area (Å²) in [5, 5.41) is 0. The van der Waals surface area contributed by atoms with Crippen LogP contribution in [-0.2, 0) is 28.6 Å². The van der Waals surface area contributed by atoms with E-state index in [1.165, 1.54) is 141 Å². The predicted octanol–water partition coefficient (Wildman–Crippen LogP) is 19.8. The summed E-state index contributed by atoms with van der Waals surface area (Å²) in [5.41, 5.74) is 0. The van der Waals surface area contributed by atoms with E-state index in [1.54, 1.807) is 0 Å². The molecule has 398 valence electrons. The van der Waals surface area contributed by atoms with Gasteiger partial charge in [0.1, 0.15) is 13.2 Å². The zero-order valence-electron chi connectivity index (χ0n) is 45.6. The monoisotopic (exact) mass is 963 g/mol. The van der Waals surface area contributed by atoms with Crippen molar-refractivity contribution in [3.05, 3.63) is 72.9 Å². The second-order valence-corrected chi connectivity index (χ2v) is 19.5. The van der Waals surface area contributed by atoms with Crippen LogP contribution in [0.15, 0.2) is 72.9 Å². The maximum absolute atomic E-state index is 12.9. The van der Waals surface area contributed by atoms with E-state index in [-0.39, 0.29) is 31.1 Å². The minimum atomic E-state index is -0.784. The molecular weight excluding hydrogens is 853 g/mol. The highest BCUT2D eigenvalue weighted by molar-refractivity contribution is 5.71. The van der Waals surface area contributed by atoms with Crippen molar-refractivity contribution < 1.29 is 28.6 Å². The van der Waals surface area contributed by atoms with Crippen LogP contribution in [-0.4, -0.2) is 37.2 Å². The van der Waals surface area contributed by atoms with Crippen LogP contribution in [0.4, 0.5) is 0 Å². The Balaban J connectivity index is 4.39. The Bertz CT molecular complexity index is 1290. The maximum Gasteiger partial charge on any atom is 0.306 e. The highest BCUT2D eigenvalue weighted by atomic mass is 16.6. The van der Waals surface area contributed by atoms with Gasteiger partial charge in [0.05, 0.1) is 0 Å². The molecule has 0 aromatic rings. The summed E-state index contributed by atoms with van der Waals surface area (Å²) in [5.74, 6) is -0.888. The minimum Gasteiger partial charge on any atom is -0.462 e. The molecule has 0 rings (SSSR count). The van der Waals surface area contributed by atoms with Gasteiger partial charge in [0, 0.05) is 19.3 Å². The number of rotatable bonds is 53. The van der Waals surface area contributed by atoms with Crippen molar-refractivity contribution in [2.45, 2.75) is 297 Å². The molecule has 0 aromatic heterocycles. The third-order valence-electron chi connectivity index (χ3n) is 12.7. The molecule has 1 atom stereocenters. The van der Waals surface area contributed by atoms with Crippen LogP contribution in [0.1, 0.15) is 290 Å². The van der Waals surface area contributed by atoms with E-state index < -0.39 is 6.10 Å². The van der Waals surface area contributed by atoms with Crippen LogP contribution >= 0.6 is 0 Å². The van der Waals surface area contributed by atoms with E-state index in [0.717, 1.165) is 109 Å². The smallest absolute Gasteiger partial charge is 0.306 e. The number of hydrogen-bond acceptors (Lipinski definition) is 6. The van der Waals surface area contributed by atoms with E-state index >= 15 is 0 Å². The maximum atomic E-state index is 12.9. The average molecular weight is 964 g/mol. The number of allylic oxidation sites excluding steroid dienone is 12. The summed E-state index contributed by atoms with van der Waals surface area (Å²) in [7, 11) is 0. The fraction of sp³-hybridized carbons (Fsp3) is 0.762. The first-order valence-electron chi connectivity index (χ1n) is 29.4. The van der Waals surface area contributed by atoms with Gasteiger partial charge in [0.25, 0.3) is 0 Å². The topological polar surface area (TPSA) is 78.9 Å². The van der Waals surface area contributed by atoms with Gasteiger partial charge >= 0.3 is 17.9 Å². The molecule has 0 aromatic carbocycles. The van der Waals surface area contributed by atoms with E-state index in [4.69, 9.17) is 14.2 Å². The van der Waals surface area contributed by atoms with Crippen molar-refractivity contribution >= 4 is 17.9 Å². The Morgan fingerprint density at radius 1 is 0.304 bits per heavy atom. The summed E-state index contributed by atoms with van der Waals surface area (Å²) in [4.78, 5) is 38.2. The minimum absolute atomic E-state index is 0.0802. The Morgan fingerprint density at radius 2 is 0.565 bits per heavy atom. The van der Waals surface area contributed by atoms with Crippen molar-refractivity contribution in [2.75, 3.05) is 13.2 Å². The fourth-order valence-electron chi connectivity index (χ4n) is 8.36. The summed E-state index contributed by atoms with van der Waals surface area (Å²) in [6, 6.07) is 0. The van der Waals surface area contributed by atoms with E-state index in [1.807, 2.05) is 0 Å². The fourth-order valence-corrected chi connectivity index (χ4v) is 8.36. The second kappa shape index (κ2) is 57.4. The third-order valence-corrected chi connectivity index (χ3v) is 12.7. The van der Waals surface area contributed by atoms with Crippen LogP contribution in [0.2, 0.25) is 0 Å². The van der Waals surface area contributed by atoms with Crippen LogP contribution in [0, 0.1) is 0 Å². The molecule has 1 unspecified atom stereocenters. The molecule has 0 fully saturated rings. The number of hydrogen-bond donors (Lipinski definition) is 0. The summed E-state index contributed by atoms with van der Waals surface area (Å²) in [6.07, 6.45) is 73.2. The molecule has 0 saturated carbocycles. The van der Waals surface area contributed by atoms with Gasteiger partial charge in [-0.25, -0.2) is 0 Å². The molecule has 0 aliphatic rings. The largest absolute Gasteiger partial charge is 0.462 e. The summed E-state index contributed by atoms with van der Waals surface area (Å²) in [6.45, 7) is 6.44. The van der Waals surface area contributed by atoms with E-state index in [0.29, 0.717) is 19.3 Å². The summed E-state index contributed by atoms with van der Waals surface area (Å²) >= 11 is 0. The highest BCUT2D eigenvalue weighted by Gasteiger charge is 2.19. The number of esters is 3. The van der Waals surface area contributed by atoms with Crippen LogP contribution < -0.4 is 0 Å². The highest BCUT2D eigenvalue weighted by Crippen LogP contribution is 2.16. The standard InChI is InChI=1S/C63H110O6/c1-4-7-10-13-16-19-22-25-28-31-34-37-40-43-46-49-52-55-61(64)67-58-60(69-63(66)57-54-51-48-45-42-39-36-33-30-27-24-21-18-15-12-9-6-3)59-68-62(65)56-53-50-47-44-41-38-35-32-29-26-23-20-17-14-11-8-5-2/h7,9-10,12,16,18-19,21,25,27-28,30,60H,4-6,8,11,13-15,17,20,22-24,26,29,31-59H2,1-3H3/b10-7-,12-9-,19-16-,21-18-,28-25-,30-27-. The molecule has 6 heteroatoms. The van der Waals surface area contributed by atoms with Crippen molar-refractivity contribution in [1.82, 2.24) is 0 Å². The van der Waals surface area contributed by atoms with Crippen molar-refractivity contribution in [3.8, 4) is 0 Å². The molecule has 6 nitrogen and oxygen atoms in total. The van der Waals surface area contributed by atoms with Gasteiger partial charge in [-0.2, -0.15) is 0 Å². The Kier molecular flexibility index (Phi) is 54.8. The Labute approximate surface area is 427 Å². The molecule has 0 amide bonds. The lowest BCUT2D eigenvalue weighted by molar-refractivity contribution is -0.167. The molecule has 0 radical (unpaired) electrons. The van der Waals surface area contributed by atoms with Gasteiger partial charge < -0.3 is 14.2 Å². The average Bonchev–Trinajstić information content (AvgIpc) is 3.35. The molecule has 0 N–H and O–H groups in total.